The van der Waals surface area contributed by atoms with Crippen molar-refractivity contribution in [2.45, 2.75) is 13.0 Å². The first-order valence-corrected chi connectivity index (χ1v) is 5.74. The van der Waals surface area contributed by atoms with E-state index in [1.165, 1.54) is 5.00 Å². The summed E-state index contributed by atoms with van der Waals surface area (Å²) >= 11 is 7.79. The van der Waals surface area contributed by atoms with Gasteiger partial charge in [0, 0.05) is 25.7 Å². The van der Waals surface area contributed by atoms with E-state index in [9.17, 15) is 0 Å². The van der Waals surface area contributed by atoms with Gasteiger partial charge in [0.2, 0.25) is 0 Å². The van der Waals surface area contributed by atoms with E-state index in [0.717, 1.165) is 24.7 Å². The van der Waals surface area contributed by atoms with E-state index in [0.29, 0.717) is 6.04 Å². The Labute approximate surface area is 87.5 Å². The normalized spacial score (nSPS) is 23.5. The Balaban J connectivity index is 2.12. The van der Waals surface area contributed by atoms with E-state index in [1.807, 2.05) is 11.4 Å². The summed E-state index contributed by atoms with van der Waals surface area (Å²) in [4.78, 5) is 2.36. The van der Waals surface area contributed by atoms with Gasteiger partial charge in [0.25, 0.3) is 0 Å². The number of hydrogen-bond acceptors (Lipinski definition) is 3. The first-order valence-electron chi connectivity index (χ1n) is 4.48. The molecule has 1 aromatic rings. The summed E-state index contributed by atoms with van der Waals surface area (Å²) in [6.45, 7) is 5.37. The summed E-state index contributed by atoms with van der Waals surface area (Å²) in [5.41, 5.74) is 0. The van der Waals surface area contributed by atoms with Crippen LogP contribution in [0, 0.1) is 0 Å². The van der Waals surface area contributed by atoms with Crippen molar-refractivity contribution in [1.82, 2.24) is 5.32 Å². The summed E-state index contributed by atoms with van der Waals surface area (Å²) in [5.74, 6) is 0. The zero-order valence-corrected chi connectivity index (χ0v) is 9.16. The van der Waals surface area contributed by atoms with Gasteiger partial charge in [-0.3, -0.25) is 0 Å². The number of thiophene rings is 1. The molecule has 0 amide bonds. The molecule has 1 saturated heterocycles. The van der Waals surface area contributed by atoms with Gasteiger partial charge in [-0.25, -0.2) is 0 Å². The lowest BCUT2D eigenvalue weighted by Crippen LogP contribution is -2.49. The maximum atomic E-state index is 6.07. The standard InChI is InChI=1S/C9H13ClN2S/c1-7-6-12(4-3-11-7)9-8(10)2-5-13-9/h2,5,7,11H,3-4,6H2,1H3. The molecule has 0 aliphatic carbocycles. The van der Waals surface area contributed by atoms with Crippen LogP contribution in [0.15, 0.2) is 11.4 Å². The monoisotopic (exact) mass is 216 g/mol. The van der Waals surface area contributed by atoms with Crippen molar-refractivity contribution in [3.63, 3.8) is 0 Å². The Morgan fingerprint density at radius 2 is 2.54 bits per heavy atom. The second kappa shape index (κ2) is 3.86. The van der Waals surface area contributed by atoms with Gasteiger partial charge in [0.15, 0.2) is 0 Å². The molecule has 2 rings (SSSR count). The molecule has 1 unspecified atom stereocenters. The SMILES string of the molecule is CC1CN(c2sccc2Cl)CCN1. The van der Waals surface area contributed by atoms with Crippen LogP contribution in [0.5, 0.6) is 0 Å². The molecule has 13 heavy (non-hydrogen) atoms. The van der Waals surface area contributed by atoms with E-state index in [1.54, 1.807) is 11.3 Å². The molecule has 1 aromatic heterocycles. The summed E-state index contributed by atoms with van der Waals surface area (Å²) in [6, 6.07) is 2.53. The molecule has 0 saturated carbocycles. The van der Waals surface area contributed by atoms with Crippen LogP contribution in [0.3, 0.4) is 0 Å². The maximum absolute atomic E-state index is 6.07. The van der Waals surface area contributed by atoms with Crippen molar-refractivity contribution < 1.29 is 0 Å². The average Bonchev–Trinajstić information content (AvgIpc) is 2.51. The summed E-state index contributed by atoms with van der Waals surface area (Å²) in [6.07, 6.45) is 0. The van der Waals surface area contributed by atoms with Crippen molar-refractivity contribution >= 4 is 27.9 Å². The van der Waals surface area contributed by atoms with Crippen LogP contribution < -0.4 is 10.2 Å². The number of piperazine rings is 1. The molecule has 1 fully saturated rings. The Hall–Kier alpha value is -0.250. The minimum atomic E-state index is 0.562. The highest BCUT2D eigenvalue weighted by atomic mass is 35.5. The fraction of sp³-hybridized carbons (Fsp3) is 0.556. The Morgan fingerprint density at radius 1 is 1.69 bits per heavy atom. The summed E-state index contributed by atoms with van der Waals surface area (Å²) < 4.78 is 0. The lowest BCUT2D eigenvalue weighted by molar-refractivity contribution is 0.486. The van der Waals surface area contributed by atoms with E-state index >= 15 is 0 Å². The Bertz CT molecular complexity index is 287. The van der Waals surface area contributed by atoms with Crippen LogP contribution in [0.25, 0.3) is 0 Å². The van der Waals surface area contributed by atoms with Gasteiger partial charge in [-0.1, -0.05) is 11.6 Å². The van der Waals surface area contributed by atoms with Crippen LogP contribution in [0.1, 0.15) is 6.92 Å². The quantitative estimate of drug-likeness (QED) is 0.775. The van der Waals surface area contributed by atoms with E-state index in [-0.39, 0.29) is 0 Å². The van der Waals surface area contributed by atoms with Gasteiger partial charge >= 0.3 is 0 Å². The van der Waals surface area contributed by atoms with Crippen molar-refractivity contribution in [1.29, 1.82) is 0 Å². The molecular formula is C9H13ClN2S. The second-order valence-electron chi connectivity index (χ2n) is 3.37. The maximum Gasteiger partial charge on any atom is 0.110 e. The predicted octanol–water partition coefficient (Wildman–Crippen LogP) is 2.20. The minimum Gasteiger partial charge on any atom is -0.359 e. The summed E-state index contributed by atoms with van der Waals surface area (Å²) in [5, 5.41) is 7.56. The molecule has 72 valence electrons. The number of halogens is 1. The van der Waals surface area contributed by atoms with Crippen LogP contribution in [-0.4, -0.2) is 25.7 Å². The van der Waals surface area contributed by atoms with Gasteiger partial charge in [0.05, 0.1) is 5.02 Å². The van der Waals surface area contributed by atoms with Crippen LogP contribution in [0.4, 0.5) is 5.00 Å². The minimum absolute atomic E-state index is 0.562. The second-order valence-corrected chi connectivity index (χ2v) is 4.68. The number of rotatable bonds is 1. The lowest BCUT2D eigenvalue weighted by Gasteiger charge is -2.32. The number of nitrogens with zero attached hydrogens (tertiary/aromatic N) is 1. The molecule has 1 N–H and O–H groups in total. The highest BCUT2D eigenvalue weighted by Crippen LogP contribution is 2.32. The largest absolute Gasteiger partial charge is 0.359 e. The van der Waals surface area contributed by atoms with Crippen LogP contribution >= 0.6 is 22.9 Å². The average molecular weight is 217 g/mol. The van der Waals surface area contributed by atoms with Gasteiger partial charge in [-0.05, 0) is 18.4 Å². The lowest BCUT2D eigenvalue weighted by atomic mass is 10.2. The fourth-order valence-electron chi connectivity index (χ4n) is 1.63. The molecule has 1 aliphatic heterocycles. The van der Waals surface area contributed by atoms with Crippen molar-refractivity contribution in [2.75, 3.05) is 24.5 Å². The zero-order chi connectivity index (χ0) is 9.26. The molecular weight excluding hydrogens is 204 g/mol. The van der Waals surface area contributed by atoms with Crippen LogP contribution in [-0.2, 0) is 0 Å². The molecule has 2 nitrogen and oxygen atoms in total. The number of nitrogens with one attached hydrogen (secondary N) is 1. The smallest absolute Gasteiger partial charge is 0.110 e. The number of hydrogen-bond donors (Lipinski definition) is 1. The molecule has 1 atom stereocenters. The third kappa shape index (κ3) is 1.98. The molecule has 0 radical (unpaired) electrons. The van der Waals surface area contributed by atoms with E-state index in [4.69, 9.17) is 11.6 Å². The molecule has 0 aromatic carbocycles. The van der Waals surface area contributed by atoms with E-state index < -0.39 is 0 Å². The first-order chi connectivity index (χ1) is 6.27. The topological polar surface area (TPSA) is 15.3 Å². The first kappa shape index (κ1) is 9.31. The van der Waals surface area contributed by atoms with Gasteiger partial charge in [-0.15, -0.1) is 11.3 Å². The Morgan fingerprint density at radius 3 is 3.15 bits per heavy atom. The van der Waals surface area contributed by atoms with Crippen molar-refractivity contribution in [3.8, 4) is 0 Å². The third-order valence-corrected chi connectivity index (χ3v) is 3.64. The molecule has 0 spiro atoms. The van der Waals surface area contributed by atoms with Gasteiger partial charge in [0.1, 0.15) is 5.00 Å². The molecule has 1 aliphatic rings. The van der Waals surface area contributed by atoms with Crippen molar-refractivity contribution in [2.24, 2.45) is 0 Å². The fourth-order valence-corrected chi connectivity index (χ4v) is 2.85. The molecule has 4 heteroatoms. The predicted molar refractivity (Wildman–Crippen MR) is 59.0 cm³/mol. The number of anilines is 1. The van der Waals surface area contributed by atoms with E-state index in [2.05, 4.69) is 17.1 Å². The molecule has 0 bridgehead atoms. The highest BCUT2D eigenvalue weighted by Gasteiger charge is 2.18. The molecule has 2 heterocycles. The third-order valence-electron chi connectivity index (χ3n) is 2.25. The van der Waals surface area contributed by atoms with Crippen molar-refractivity contribution in [3.05, 3.63) is 16.5 Å². The summed E-state index contributed by atoms with van der Waals surface area (Å²) in [7, 11) is 0. The Kier molecular flexibility index (Phi) is 2.77. The van der Waals surface area contributed by atoms with Gasteiger partial charge < -0.3 is 10.2 Å². The van der Waals surface area contributed by atoms with Crippen LogP contribution in [0.2, 0.25) is 5.02 Å². The van der Waals surface area contributed by atoms with Gasteiger partial charge in [-0.2, -0.15) is 0 Å². The highest BCUT2D eigenvalue weighted by molar-refractivity contribution is 7.15. The zero-order valence-electron chi connectivity index (χ0n) is 7.59.